The normalized spacial score (nSPS) is 11.5. The highest BCUT2D eigenvalue weighted by Crippen LogP contribution is 2.14. The predicted octanol–water partition coefficient (Wildman–Crippen LogP) is 3.87. The van der Waals surface area contributed by atoms with Crippen molar-refractivity contribution >= 4 is 35.1 Å². The van der Waals surface area contributed by atoms with Gasteiger partial charge in [-0.2, -0.15) is 0 Å². The van der Waals surface area contributed by atoms with E-state index >= 15 is 0 Å². The number of amides is 1. The predicted molar refractivity (Wildman–Crippen MR) is 108 cm³/mol. The van der Waals surface area contributed by atoms with Gasteiger partial charge in [0.15, 0.2) is 12.4 Å². The summed E-state index contributed by atoms with van der Waals surface area (Å²) in [6.07, 6.45) is 0.882. The quantitative estimate of drug-likeness (QED) is 0.508. The number of rotatable bonds is 9. The number of ether oxygens (including phenoxy) is 1. The summed E-state index contributed by atoms with van der Waals surface area (Å²) in [6, 6.07) is 12.6. The molecule has 0 radical (unpaired) electrons. The van der Waals surface area contributed by atoms with Gasteiger partial charge in [0.05, 0.1) is 5.75 Å². The summed E-state index contributed by atoms with van der Waals surface area (Å²) in [5, 5.41) is 2.01. The lowest BCUT2D eigenvalue weighted by atomic mass is 10.1. The number of anilines is 1. The lowest BCUT2D eigenvalue weighted by Crippen LogP contribution is -2.23. The highest BCUT2D eigenvalue weighted by molar-refractivity contribution is 8.01. The molecule has 0 spiro atoms. The molecule has 1 atom stereocenters. The molecular formula is C21H22FNO4S. The molecule has 0 heterocycles. The Hall–Kier alpha value is -2.67. The minimum atomic E-state index is -0.603. The Kier molecular flexibility index (Phi) is 8.19. The molecule has 0 saturated heterocycles. The van der Waals surface area contributed by atoms with E-state index in [2.05, 4.69) is 5.32 Å². The first-order chi connectivity index (χ1) is 13.4. The number of ketones is 1. The number of esters is 1. The van der Waals surface area contributed by atoms with Crippen LogP contribution in [0.15, 0.2) is 48.5 Å². The summed E-state index contributed by atoms with van der Waals surface area (Å²) in [7, 11) is 0. The van der Waals surface area contributed by atoms with E-state index in [0.29, 0.717) is 11.3 Å². The van der Waals surface area contributed by atoms with Crippen LogP contribution in [0.25, 0.3) is 0 Å². The minimum Gasteiger partial charge on any atom is -0.456 e. The maximum atomic E-state index is 12.8. The summed E-state index contributed by atoms with van der Waals surface area (Å²) in [4.78, 5) is 36.0. The average Bonchev–Trinajstić information content (AvgIpc) is 2.71. The van der Waals surface area contributed by atoms with Crippen molar-refractivity contribution in [1.29, 1.82) is 0 Å². The van der Waals surface area contributed by atoms with Gasteiger partial charge in [0.2, 0.25) is 5.91 Å². The number of hydrogen-bond acceptors (Lipinski definition) is 5. The minimum absolute atomic E-state index is 0.0278. The number of carbonyl (C=O) groups is 3. The molecular weight excluding hydrogens is 381 g/mol. The maximum Gasteiger partial charge on any atom is 0.319 e. The Morgan fingerprint density at radius 2 is 1.71 bits per heavy atom. The van der Waals surface area contributed by atoms with Crippen LogP contribution in [-0.4, -0.2) is 35.3 Å². The van der Waals surface area contributed by atoms with Crippen LogP contribution in [-0.2, 0) is 20.7 Å². The first kappa shape index (κ1) is 21.6. The second kappa shape index (κ2) is 10.6. The molecule has 0 aliphatic heterocycles. The summed E-state index contributed by atoms with van der Waals surface area (Å²) in [5.41, 5.74) is 2.09. The van der Waals surface area contributed by atoms with Gasteiger partial charge in [-0.05, 0) is 43.2 Å². The Labute approximate surface area is 167 Å². The zero-order chi connectivity index (χ0) is 20.5. The van der Waals surface area contributed by atoms with Gasteiger partial charge in [-0.3, -0.25) is 14.4 Å². The molecule has 5 nitrogen and oxygen atoms in total. The largest absolute Gasteiger partial charge is 0.456 e. The standard InChI is InChI=1S/C21H22FNO4S/c1-3-15-4-6-16(7-5-15)19(24)12-27-21(26)14(2)28-13-20(25)23-18-10-8-17(22)9-11-18/h4-11,14H,3,12-13H2,1-2H3,(H,23,25)/t14-/m0/s1. The lowest BCUT2D eigenvalue weighted by molar-refractivity contribution is -0.141. The fourth-order valence-electron chi connectivity index (χ4n) is 2.26. The fraction of sp³-hybridized carbons (Fsp3) is 0.286. The van der Waals surface area contributed by atoms with E-state index in [-0.39, 0.29) is 29.9 Å². The molecule has 2 aromatic carbocycles. The molecule has 2 aromatic rings. The van der Waals surface area contributed by atoms with Gasteiger partial charge >= 0.3 is 5.97 Å². The molecule has 1 N–H and O–H groups in total. The Balaban J connectivity index is 1.73. The molecule has 0 unspecified atom stereocenters. The van der Waals surface area contributed by atoms with Crippen molar-refractivity contribution in [2.75, 3.05) is 17.7 Å². The van der Waals surface area contributed by atoms with Gasteiger partial charge in [0, 0.05) is 11.3 Å². The second-order valence-electron chi connectivity index (χ2n) is 6.09. The van der Waals surface area contributed by atoms with E-state index < -0.39 is 11.2 Å². The first-order valence-electron chi connectivity index (χ1n) is 8.85. The summed E-state index contributed by atoms with van der Waals surface area (Å²) < 4.78 is 17.9. The summed E-state index contributed by atoms with van der Waals surface area (Å²) >= 11 is 1.10. The molecule has 0 aliphatic rings. The molecule has 148 valence electrons. The Morgan fingerprint density at radius 3 is 2.32 bits per heavy atom. The lowest BCUT2D eigenvalue weighted by Gasteiger charge is -2.11. The van der Waals surface area contributed by atoms with Crippen LogP contribution in [0.3, 0.4) is 0 Å². The van der Waals surface area contributed by atoms with E-state index in [1.54, 1.807) is 19.1 Å². The molecule has 1 amide bonds. The zero-order valence-corrected chi connectivity index (χ0v) is 16.6. The SMILES string of the molecule is CCc1ccc(C(=O)COC(=O)[C@H](C)SCC(=O)Nc2ccc(F)cc2)cc1. The molecule has 0 aromatic heterocycles. The van der Waals surface area contributed by atoms with Crippen molar-refractivity contribution in [3.8, 4) is 0 Å². The van der Waals surface area contributed by atoms with E-state index in [0.717, 1.165) is 23.7 Å². The smallest absolute Gasteiger partial charge is 0.319 e. The van der Waals surface area contributed by atoms with E-state index in [9.17, 15) is 18.8 Å². The van der Waals surface area contributed by atoms with Gasteiger partial charge in [0.1, 0.15) is 11.1 Å². The molecule has 0 fully saturated rings. The maximum absolute atomic E-state index is 12.8. The number of Topliss-reactive ketones (excluding diaryl/α,β-unsaturated/α-hetero) is 1. The van der Waals surface area contributed by atoms with Crippen molar-refractivity contribution in [3.63, 3.8) is 0 Å². The number of carbonyl (C=O) groups excluding carboxylic acids is 3. The molecule has 0 saturated carbocycles. The molecule has 28 heavy (non-hydrogen) atoms. The van der Waals surface area contributed by atoms with E-state index in [4.69, 9.17) is 4.74 Å². The monoisotopic (exact) mass is 403 g/mol. The number of thioether (sulfide) groups is 1. The van der Waals surface area contributed by atoms with E-state index in [1.165, 1.54) is 24.3 Å². The van der Waals surface area contributed by atoms with Crippen molar-refractivity contribution in [1.82, 2.24) is 0 Å². The van der Waals surface area contributed by atoms with Gasteiger partial charge in [0.25, 0.3) is 0 Å². The second-order valence-corrected chi connectivity index (χ2v) is 7.42. The number of benzene rings is 2. The van der Waals surface area contributed by atoms with Crippen molar-refractivity contribution in [3.05, 3.63) is 65.5 Å². The van der Waals surface area contributed by atoms with Gasteiger partial charge in [-0.15, -0.1) is 11.8 Å². The Morgan fingerprint density at radius 1 is 1.07 bits per heavy atom. The molecule has 2 rings (SSSR count). The van der Waals surface area contributed by atoms with Crippen molar-refractivity contribution in [2.45, 2.75) is 25.5 Å². The highest BCUT2D eigenvalue weighted by atomic mass is 32.2. The Bertz CT molecular complexity index is 821. The van der Waals surface area contributed by atoms with Crippen LogP contribution >= 0.6 is 11.8 Å². The number of nitrogens with one attached hydrogen (secondary N) is 1. The van der Waals surface area contributed by atoms with Crippen LogP contribution in [0.5, 0.6) is 0 Å². The van der Waals surface area contributed by atoms with Crippen molar-refractivity contribution in [2.24, 2.45) is 0 Å². The van der Waals surface area contributed by atoms with Crippen LogP contribution in [0.1, 0.15) is 29.8 Å². The first-order valence-corrected chi connectivity index (χ1v) is 9.89. The zero-order valence-electron chi connectivity index (χ0n) is 15.7. The number of halogens is 1. The van der Waals surface area contributed by atoms with Crippen LogP contribution < -0.4 is 5.32 Å². The number of aryl methyl sites for hydroxylation is 1. The third-order valence-electron chi connectivity index (χ3n) is 3.95. The molecule has 7 heteroatoms. The third-order valence-corrected chi connectivity index (χ3v) is 5.08. The van der Waals surface area contributed by atoms with Crippen LogP contribution in [0.4, 0.5) is 10.1 Å². The van der Waals surface area contributed by atoms with Crippen LogP contribution in [0, 0.1) is 5.82 Å². The van der Waals surface area contributed by atoms with Crippen molar-refractivity contribution < 1.29 is 23.5 Å². The molecule has 0 bridgehead atoms. The molecule has 0 aliphatic carbocycles. The van der Waals surface area contributed by atoms with E-state index in [1.807, 2.05) is 19.1 Å². The average molecular weight is 403 g/mol. The highest BCUT2D eigenvalue weighted by Gasteiger charge is 2.18. The van der Waals surface area contributed by atoms with Crippen LogP contribution in [0.2, 0.25) is 0 Å². The topological polar surface area (TPSA) is 72.5 Å². The van der Waals surface area contributed by atoms with Gasteiger partial charge < -0.3 is 10.1 Å². The third kappa shape index (κ3) is 6.81. The summed E-state index contributed by atoms with van der Waals surface area (Å²) in [5.74, 6) is -1.51. The summed E-state index contributed by atoms with van der Waals surface area (Å²) in [6.45, 7) is 3.30. The fourth-order valence-corrected chi connectivity index (χ4v) is 2.94. The number of hydrogen-bond donors (Lipinski definition) is 1. The van der Waals surface area contributed by atoms with Gasteiger partial charge in [-0.25, -0.2) is 4.39 Å². The van der Waals surface area contributed by atoms with Gasteiger partial charge in [-0.1, -0.05) is 31.2 Å².